The number of alkyl halides is 1. The minimum atomic E-state index is 0.874. The second kappa shape index (κ2) is 8.82. The lowest BCUT2D eigenvalue weighted by atomic mass is 10.1. The Morgan fingerprint density at radius 1 is 1.00 bits per heavy atom. The lowest BCUT2D eigenvalue weighted by Crippen LogP contribution is -1.88. The molecular formula is C10H21I. The van der Waals surface area contributed by atoms with E-state index in [-0.39, 0.29) is 0 Å². The summed E-state index contributed by atoms with van der Waals surface area (Å²) in [6.45, 7) is 4.57. The highest BCUT2D eigenvalue weighted by atomic mass is 127. The average molecular weight is 268 g/mol. The van der Waals surface area contributed by atoms with Crippen LogP contribution in [0.25, 0.3) is 0 Å². The van der Waals surface area contributed by atoms with E-state index in [2.05, 4.69) is 36.4 Å². The highest BCUT2D eigenvalue weighted by molar-refractivity contribution is 14.1. The first-order valence-corrected chi connectivity index (χ1v) is 6.16. The molecule has 0 fully saturated rings. The molecule has 0 aromatic carbocycles. The summed E-state index contributed by atoms with van der Waals surface area (Å²) >= 11 is 2.51. The smallest absolute Gasteiger partial charge is 0.00813 e. The molecule has 0 saturated carbocycles. The lowest BCUT2D eigenvalue weighted by Gasteiger charge is -2.02. The highest BCUT2D eigenvalue weighted by Gasteiger charge is 1.94. The molecule has 0 N–H and O–H groups in total. The van der Waals surface area contributed by atoms with Gasteiger partial charge >= 0.3 is 0 Å². The molecule has 11 heavy (non-hydrogen) atoms. The van der Waals surface area contributed by atoms with Crippen molar-refractivity contribution in [3.05, 3.63) is 0 Å². The second-order valence-corrected chi connectivity index (χ2v) is 5.46. The third-order valence-corrected chi connectivity index (χ3v) is 2.58. The van der Waals surface area contributed by atoms with Crippen molar-refractivity contribution in [2.24, 2.45) is 0 Å². The van der Waals surface area contributed by atoms with Gasteiger partial charge in [-0.1, -0.05) is 75.0 Å². The molecule has 0 radical (unpaired) electrons. The largest absolute Gasteiger partial charge is 0.0829 e. The zero-order valence-corrected chi connectivity index (χ0v) is 10.1. The van der Waals surface area contributed by atoms with Gasteiger partial charge in [0.15, 0.2) is 0 Å². The maximum absolute atomic E-state index is 2.51. The average Bonchev–Trinajstić information content (AvgIpc) is 1.96. The summed E-state index contributed by atoms with van der Waals surface area (Å²) in [6.07, 6.45) is 10.00. The van der Waals surface area contributed by atoms with Crippen LogP contribution >= 0.6 is 22.6 Å². The Balaban J connectivity index is 2.80. The minimum Gasteiger partial charge on any atom is -0.0829 e. The van der Waals surface area contributed by atoms with Crippen molar-refractivity contribution in [1.82, 2.24) is 0 Å². The molecule has 0 saturated heterocycles. The minimum absolute atomic E-state index is 0.874. The van der Waals surface area contributed by atoms with Crippen LogP contribution in [0.3, 0.4) is 0 Å². The van der Waals surface area contributed by atoms with Gasteiger partial charge in [-0.15, -0.1) is 0 Å². The van der Waals surface area contributed by atoms with E-state index in [1.54, 1.807) is 0 Å². The van der Waals surface area contributed by atoms with Crippen LogP contribution in [0.5, 0.6) is 0 Å². The SMILES string of the molecule is CCCCCCCC[C@H](C)I. The highest BCUT2D eigenvalue weighted by Crippen LogP contribution is 2.12. The fraction of sp³-hybridized carbons (Fsp3) is 1.00. The van der Waals surface area contributed by atoms with E-state index in [4.69, 9.17) is 0 Å². The van der Waals surface area contributed by atoms with Crippen LogP contribution in [0.15, 0.2) is 0 Å². The molecule has 0 aliphatic carbocycles. The van der Waals surface area contributed by atoms with Crippen molar-refractivity contribution < 1.29 is 0 Å². The van der Waals surface area contributed by atoms with E-state index in [0.29, 0.717) is 0 Å². The summed E-state index contributed by atoms with van der Waals surface area (Å²) in [5.74, 6) is 0. The first kappa shape index (κ1) is 11.7. The van der Waals surface area contributed by atoms with E-state index in [1.165, 1.54) is 44.9 Å². The van der Waals surface area contributed by atoms with Crippen molar-refractivity contribution >= 4 is 22.6 Å². The van der Waals surface area contributed by atoms with Gasteiger partial charge in [0.2, 0.25) is 0 Å². The standard InChI is InChI=1S/C10H21I/c1-3-4-5-6-7-8-9-10(2)11/h10H,3-9H2,1-2H3/t10-/m0/s1. The van der Waals surface area contributed by atoms with Crippen molar-refractivity contribution in [3.8, 4) is 0 Å². The molecule has 0 nitrogen and oxygen atoms in total. The van der Waals surface area contributed by atoms with Crippen LogP contribution in [0, 0.1) is 0 Å². The molecule has 0 aromatic heterocycles. The summed E-state index contributed by atoms with van der Waals surface area (Å²) in [5.41, 5.74) is 0. The van der Waals surface area contributed by atoms with Crippen molar-refractivity contribution in [2.45, 2.75) is 62.7 Å². The van der Waals surface area contributed by atoms with Gasteiger partial charge in [0.1, 0.15) is 0 Å². The van der Waals surface area contributed by atoms with Gasteiger partial charge in [0, 0.05) is 3.92 Å². The van der Waals surface area contributed by atoms with E-state index < -0.39 is 0 Å². The van der Waals surface area contributed by atoms with Crippen molar-refractivity contribution in [3.63, 3.8) is 0 Å². The van der Waals surface area contributed by atoms with Crippen LogP contribution in [0.1, 0.15) is 58.8 Å². The molecule has 0 unspecified atom stereocenters. The summed E-state index contributed by atoms with van der Waals surface area (Å²) < 4.78 is 0.874. The van der Waals surface area contributed by atoms with E-state index in [0.717, 1.165) is 3.92 Å². The zero-order valence-electron chi connectivity index (χ0n) is 7.91. The van der Waals surface area contributed by atoms with Gasteiger partial charge in [0.05, 0.1) is 0 Å². The number of hydrogen-bond donors (Lipinski definition) is 0. The monoisotopic (exact) mass is 268 g/mol. The van der Waals surface area contributed by atoms with Gasteiger partial charge in [0.25, 0.3) is 0 Å². The Hall–Kier alpha value is 0.730. The number of hydrogen-bond acceptors (Lipinski definition) is 0. The Bertz CT molecular complexity index is 69.3. The Kier molecular flexibility index (Phi) is 9.41. The molecule has 0 aliphatic heterocycles. The van der Waals surface area contributed by atoms with Crippen molar-refractivity contribution in [2.75, 3.05) is 0 Å². The van der Waals surface area contributed by atoms with E-state index in [1.807, 2.05) is 0 Å². The molecule has 0 spiro atoms. The van der Waals surface area contributed by atoms with Gasteiger partial charge < -0.3 is 0 Å². The Morgan fingerprint density at radius 3 is 2.09 bits per heavy atom. The number of rotatable bonds is 7. The summed E-state index contributed by atoms with van der Waals surface area (Å²) in [6, 6.07) is 0. The lowest BCUT2D eigenvalue weighted by molar-refractivity contribution is 0.592. The first-order valence-electron chi connectivity index (χ1n) is 4.91. The summed E-state index contributed by atoms with van der Waals surface area (Å²) in [4.78, 5) is 0. The van der Waals surface area contributed by atoms with Crippen molar-refractivity contribution in [1.29, 1.82) is 0 Å². The van der Waals surface area contributed by atoms with Gasteiger partial charge in [-0.25, -0.2) is 0 Å². The van der Waals surface area contributed by atoms with E-state index >= 15 is 0 Å². The van der Waals surface area contributed by atoms with Crippen LogP contribution < -0.4 is 0 Å². The summed E-state index contributed by atoms with van der Waals surface area (Å²) in [7, 11) is 0. The van der Waals surface area contributed by atoms with Crippen LogP contribution in [-0.2, 0) is 0 Å². The molecule has 0 rings (SSSR count). The second-order valence-electron chi connectivity index (χ2n) is 3.34. The van der Waals surface area contributed by atoms with Crippen LogP contribution in [-0.4, -0.2) is 3.92 Å². The third-order valence-electron chi connectivity index (χ3n) is 1.96. The van der Waals surface area contributed by atoms with Crippen LogP contribution in [0.2, 0.25) is 0 Å². The Morgan fingerprint density at radius 2 is 1.55 bits per heavy atom. The predicted molar refractivity (Wildman–Crippen MR) is 61.5 cm³/mol. The molecule has 1 heteroatoms. The first-order chi connectivity index (χ1) is 5.27. The molecule has 68 valence electrons. The third kappa shape index (κ3) is 10.7. The van der Waals surface area contributed by atoms with Crippen LogP contribution in [0.4, 0.5) is 0 Å². The molecule has 0 aliphatic rings. The van der Waals surface area contributed by atoms with Gasteiger partial charge in [-0.2, -0.15) is 0 Å². The molecule has 0 bridgehead atoms. The molecule has 0 heterocycles. The number of halogens is 1. The summed E-state index contributed by atoms with van der Waals surface area (Å²) in [5, 5.41) is 0. The Labute approximate surface area is 85.3 Å². The molecular weight excluding hydrogens is 247 g/mol. The molecule has 1 atom stereocenters. The quantitative estimate of drug-likeness (QED) is 0.360. The maximum Gasteiger partial charge on any atom is 0.00813 e. The zero-order chi connectivity index (χ0) is 8.53. The predicted octanol–water partition coefficient (Wildman–Crippen LogP) is 4.56. The number of unbranched alkanes of at least 4 members (excludes halogenated alkanes) is 5. The topological polar surface area (TPSA) is 0 Å². The fourth-order valence-corrected chi connectivity index (χ4v) is 1.65. The van der Waals surface area contributed by atoms with E-state index in [9.17, 15) is 0 Å². The molecule has 0 aromatic rings. The maximum atomic E-state index is 2.51. The van der Waals surface area contributed by atoms with Gasteiger partial charge in [-0.05, 0) is 6.42 Å². The fourth-order valence-electron chi connectivity index (χ4n) is 1.21. The molecule has 0 amide bonds. The normalized spacial score (nSPS) is 13.4. The van der Waals surface area contributed by atoms with Gasteiger partial charge in [-0.3, -0.25) is 0 Å².